The number of nitrogens with one attached hydrogen (secondary N) is 1. The van der Waals surface area contributed by atoms with E-state index < -0.39 is 28.5 Å². The van der Waals surface area contributed by atoms with Gasteiger partial charge in [0.2, 0.25) is 15.9 Å². The maximum Gasteiger partial charge on any atom is 0.397 e. The fraction of sp³-hybridized carbons (Fsp3) is 0.375. The van der Waals surface area contributed by atoms with Crippen molar-refractivity contribution in [1.82, 2.24) is 5.32 Å². The number of hydrogen-bond donors (Lipinski definition) is 2. The first kappa shape index (κ1) is 14.9. The van der Waals surface area contributed by atoms with Gasteiger partial charge in [-0.1, -0.05) is 0 Å². The number of amides is 1. The molecule has 0 unspecified atom stereocenters. The molecule has 0 saturated carbocycles. The number of rotatable bonds is 4. The zero-order valence-corrected chi connectivity index (χ0v) is 10.5. The van der Waals surface area contributed by atoms with Crippen LogP contribution in [0.5, 0.6) is 0 Å². The third-order valence-corrected chi connectivity index (χ3v) is 4.26. The maximum absolute atomic E-state index is 11.8. The molecule has 0 aliphatic rings. The van der Waals surface area contributed by atoms with Crippen LogP contribution in [0.2, 0.25) is 0 Å². The molecule has 0 atom stereocenters. The quantitative estimate of drug-likeness (QED) is 0.868. The fourth-order valence-electron chi connectivity index (χ4n) is 1.04. The predicted octanol–water partition coefficient (Wildman–Crippen LogP) is 0.964. The van der Waals surface area contributed by atoms with Crippen LogP contribution < -0.4 is 10.5 Å². The topological polar surface area (TPSA) is 89.3 Å². The van der Waals surface area contributed by atoms with Crippen molar-refractivity contribution in [1.29, 1.82) is 0 Å². The van der Waals surface area contributed by atoms with Crippen molar-refractivity contribution in [3.63, 3.8) is 0 Å². The molecule has 1 aromatic rings. The molecule has 10 heteroatoms. The molecule has 18 heavy (non-hydrogen) atoms. The second kappa shape index (κ2) is 5.24. The van der Waals surface area contributed by atoms with Crippen LogP contribution in [-0.4, -0.2) is 20.5 Å². The lowest BCUT2D eigenvalue weighted by atomic mass is 10.4. The molecule has 0 spiro atoms. The van der Waals surface area contributed by atoms with Gasteiger partial charge in [0.15, 0.2) is 0 Å². The van der Waals surface area contributed by atoms with E-state index in [0.717, 1.165) is 11.3 Å². The van der Waals surface area contributed by atoms with Crippen LogP contribution in [0.3, 0.4) is 0 Å². The first-order valence-electron chi connectivity index (χ1n) is 4.53. The Labute approximate surface area is 105 Å². The molecule has 0 saturated heterocycles. The van der Waals surface area contributed by atoms with Gasteiger partial charge in [-0.2, -0.15) is 13.2 Å². The highest BCUT2D eigenvalue weighted by Crippen LogP contribution is 2.21. The standard InChI is InChI=1S/C8H9F3N2O3S2/c9-8(10,11)3-6(14)13-4-5-1-2-7(17-5)18(12,15)16/h1-2H,3-4H2,(H,13,14)(H2,12,15,16). The van der Waals surface area contributed by atoms with Gasteiger partial charge in [0.1, 0.15) is 10.6 Å². The van der Waals surface area contributed by atoms with Crippen molar-refractivity contribution < 1.29 is 26.4 Å². The lowest BCUT2D eigenvalue weighted by molar-refractivity contribution is -0.153. The fourth-order valence-corrected chi connectivity index (χ4v) is 2.75. The van der Waals surface area contributed by atoms with Crippen molar-refractivity contribution in [3.05, 3.63) is 17.0 Å². The summed E-state index contributed by atoms with van der Waals surface area (Å²) in [5, 5.41) is 6.89. The molecule has 3 N–H and O–H groups in total. The predicted molar refractivity (Wildman–Crippen MR) is 58.2 cm³/mol. The average molecular weight is 302 g/mol. The summed E-state index contributed by atoms with van der Waals surface area (Å²) in [4.78, 5) is 11.3. The number of sulfonamides is 1. The summed E-state index contributed by atoms with van der Waals surface area (Å²) in [7, 11) is -3.82. The lowest BCUT2D eigenvalue weighted by Crippen LogP contribution is -2.27. The van der Waals surface area contributed by atoms with Gasteiger partial charge in [0.05, 0.1) is 6.54 Å². The third kappa shape index (κ3) is 5.02. The number of halogens is 3. The zero-order chi connectivity index (χ0) is 14.0. The van der Waals surface area contributed by atoms with E-state index in [2.05, 4.69) is 0 Å². The molecule has 0 aromatic carbocycles. The Morgan fingerprint density at radius 2 is 2.00 bits per heavy atom. The number of thiophene rings is 1. The summed E-state index contributed by atoms with van der Waals surface area (Å²) in [6.07, 6.45) is -6.13. The van der Waals surface area contributed by atoms with E-state index in [4.69, 9.17) is 5.14 Å². The number of alkyl halides is 3. The van der Waals surface area contributed by atoms with E-state index in [1.807, 2.05) is 5.32 Å². The normalized spacial score (nSPS) is 12.4. The Morgan fingerprint density at radius 3 is 2.44 bits per heavy atom. The Morgan fingerprint density at radius 1 is 1.39 bits per heavy atom. The number of carbonyl (C=O) groups is 1. The Hall–Kier alpha value is -1.13. The molecule has 0 aliphatic heterocycles. The first-order valence-corrected chi connectivity index (χ1v) is 6.89. The highest BCUT2D eigenvalue weighted by Gasteiger charge is 2.30. The highest BCUT2D eigenvalue weighted by molar-refractivity contribution is 7.91. The molecular formula is C8H9F3N2O3S2. The summed E-state index contributed by atoms with van der Waals surface area (Å²) < 4.78 is 57.3. The minimum atomic E-state index is -4.56. The molecule has 0 radical (unpaired) electrons. The van der Waals surface area contributed by atoms with Crippen molar-refractivity contribution in [2.75, 3.05) is 0 Å². The van der Waals surface area contributed by atoms with Gasteiger partial charge in [0, 0.05) is 4.88 Å². The molecule has 0 aliphatic carbocycles. The number of hydrogen-bond acceptors (Lipinski definition) is 4. The minimum absolute atomic E-state index is 0.109. The summed E-state index contributed by atoms with van der Waals surface area (Å²) in [6, 6.07) is 2.60. The van der Waals surface area contributed by atoms with E-state index >= 15 is 0 Å². The van der Waals surface area contributed by atoms with Gasteiger partial charge in [-0.15, -0.1) is 11.3 Å². The Bertz CT molecular complexity index is 536. The van der Waals surface area contributed by atoms with Crippen LogP contribution in [0, 0.1) is 0 Å². The van der Waals surface area contributed by atoms with Crippen LogP contribution in [-0.2, 0) is 21.4 Å². The maximum atomic E-state index is 11.8. The Kier molecular flexibility index (Phi) is 4.35. The molecule has 5 nitrogen and oxygen atoms in total. The van der Waals surface area contributed by atoms with Crippen molar-refractivity contribution in [2.45, 2.75) is 23.4 Å². The number of carbonyl (C=O) groups excluding carboxylic acids is 1. The summed E-state index contributed by atoms with van der Waals surface area (Å²) >= 11 is 0.791. The lowest BCUT2D eigenvalue weighted by Gasteiger charge is -2.06. The molecule has 1 heterocycles. The van der Waals surface area contributed by atoms with Crippen molar-refractivity contribution in [2.24, 2.45) is 5.14 Å². The molecular weight excluding hydrogens is 293 g/mol. The van der Waals surface area contributed by atoms with Crippen molar-refractivity contribution in [3.8, 4) is 0 Å². The molecule has 1 rings (SSSR count). The van der Waals surface area contributed by atoms with Gasteiger partial charge in [0.25, 0.3) is 0 Å². The van der Waals surface area contributed by atoms with Crippen LogP contribution >= 0.6 is 11.3 Å². The SMILES string of the molecule is NS(=O)(=O)c1ccc(CNC(=O)CC(F)(F)F)s1. The van der Waals surface area contributed by atoms with E-state index in [0.29, 0.717) is 4.88 Å². The highest BCUT2D eigenvalue weighted by atomic mass is 32.2. The number of primary sulfonamides is 1. The number of nitrogens with two attached hydrogens (primary N) is 1. The molecule has 102 valence electrons. The molecule has 1 aromatic heterocycles. The van der Waals surface area contributed by atoms with E-state index in [1.165, 1.54) is 12.1 Å². The van der Waals surface area contributed by atoms with Crippen LogP contribution in [0.4, 0.5) is 13.2 Å². The monoisotopic (exact) mass is 302 g/mol. The summed E-state index contributed by atoms with van der Waals surface area (Å²) in [5.41, 5.74) is 0. The van der Waals surface area contributed by atoms with E-state index in [9.17, 15) is 26.4 Å². The first-order chi connectivity index (χ1) is 8.08. The van der Waals surface area contributed by atoms with Gasteiger partial charge in [-0.25, -0.2) is 13.6 Å². The third-order valence-electron chi connectivity index (χ3n) is 1.74. The molecule has 0 fully saturated rings. The van der Waals surface area contributed by atoms with E-state index in [-0.39, 0.29) is 10.8 Å². The molecule has 1 amide bonds. The van der Waals surface area contributed by atoms with Gasteiger partial charge in [-0.3, -0.25) is 4.79 Å². The van der Waals surface area contributed by atoms with Crippen LogP contribution in [0.15, 0.2) is 16.3 Å². The Balaban J connectivity index is 2.55. The largest absolute Gasteiger partial charge is 0.397 e. The molecule has 0 bridgehead atoms. The van der Waals surface area contributed by atoms with Gasteiger partial charge >= 0.3 is 6.18 Å². The summed E-state index contributed by atoms with van der Waals surface area (Å²) in [6.45, 7) is -0.172. The second-order valence-corrected chi connectivity index (χ2v) is 6.29. The van der Waals surface area contributed by atoms with Crippen molar-refractivity contribution >= 4 is 27.3 Å². The average Bonchev–Trinajstić information content (AvgIpc) is 2.59. The smallest absolute Gasteiger partial charge is 0.351 e. The van der Waals surface area contributed by atoms with E-state index in [1.54, 1.807) is 0 Å². The van der Waals surface area contributed by atoms with Gasteiger partial charge < -0.3 is 5.32 Å². The zero-order valence-electron chi connectivity index (χ0n) is 8.82. The minimum Gasteiger partial charge on any atom is -0.351 e. The second-order valence-electron chi connectivity index (χ2n) is 3.33. The van der Waals surface area contributed by atoms with Crippen LogP contribution in [0.1, 0.15) is 11.3 Å². The summed E-state index contributed by atoms with van der Waals surface area (Å²) in [5.74, 6) is -1.17. The van der Waals surface area contributed by atoms with Crippen LogP contribution in [0.25, 0.3) is 0 Å². The van der Waals surface area contributed by atoms with Gasteiger partial charge in [-0.05, 0) is 12.1 Å².